The highest BCUT2D eigenvalue weighted by Gasteiger charge is 2.25. The van der Waals surface area contributed by atoms with Crippen LogP contribution in [0, 0.1) is 5.82 Å². The molecule has 2 aromatic carbocycles. The summed E-state index contributed by atoms with van der Waals surface area (Å²) in [6.07, 6.45) is 1.92. The number of hydrogen-bond acceptors (Lipinski definition) is 2. The van der Waals surface area contributed by atoms with Crippen molar-refractivity contribution in [3.05, 3.63) is 69.5 Å². The van der Waals surface area contributed by atoms with Crippen molar-refractivity contribution in [1.29, 1.82) is 0 Å². The fraction of sp³-hybridized carbons (Fsp3) is 0.316. The van der Waals surface area contributed by atoms with Crippen LogP contribution >= 0.6 is 23.2 Å². The van der Waals surface area contributed by atoms with Crippen LogP contribution in [0.2, 0.25) is 10.0 Å². The van der Waals surface area contributed by atoms with Gasteiger partial charge in [-0.15, -0.1) is 0 Å². The van der Waals surface area contributed by atoms with Gasteiger partial charge in [0.2, 0.25) is 0 Å². The Bertz CT molecular complexity index is 746. The van der Waals surface area contributed by atoms with Crippen molar-refractivity contribution in [2.75, 3.05) is 13.2 Å². The van der Waals surface area contributed by atoms with Crippen molar-refractivity contribution in [3.8, 4) is 0 Å². The first-order valence-corrected chi connectivity index (χ1v) is 8.89. The Hall–Kier alpha value is -1.62. The van der Waals surface area contributed by atoms with Crippen molar-refractivity contribution in [3.63, 3.8) is 0 Å². The first-order valence-electron chi connectivity index (χ1n) is 8.13. The van der Waals surface area contributed by atoms with E-state index in [4.69, 9.17) is 27.9 Å². The lowest BCUT2D eigenvalue weighted by molar-refractivity contribution is 0.0507. The zero-order chi connectivity index (χ0) is 17.8. The van der Waals surface area contributed by atoms with E-state index in [1.165, 1.54) is 12.1 Å². The lowest BCUT2D eigenvalue weighted by Crippen LogP contribution is -2.37. The maximum atomic E-state index is 13.1. The lowest BCUT2D eigenvalue weighted by Gasteiger charge is -2.26. The molecule has 1 heterocycles. The van der Waals surface area contributed by atoms with E-state index < -0.39 is 0 Å². The van der Waals surface area contributed by atoms with Crippen LogP contribution in [0.15, 0.2) is 42.5 Å². The summed E-state index contributed by atoms with van der Waals surface area (Å²) in [5, 5.41) is 0.791. The molecule has 2 aromatic rings. The topological polar surface area (TPSA) is 29.5 Å². The van der Waals surface area contributed by atoms with Crippen LogP contribution in [0.5, 0.6) is 0 Å². The highest BCUT2D eigenvalue weighted by molar-refractivity contribution is 6.36. The van der Waals surface area contributed by atoms with Gasteiger partial charge in [-0.3, -0.25) is 4.79 Å². The second-order valence-electron chi connectivity index (χ2n) is 6.07. The Labute approximate surface area is 156 Å². The SMILES string of the molecule is O=C(c1ccc(Cl)cc1Cl)N(Cc1ccc(F)cc1)CC1CCCO1. The summed E-state index contributed by atoms with van der Waals surface area (Å²) in [7, 11) is 0. The van der Waals surface area contributed by atoms with Gasteiger partial charge in [0, 0.05) is 24.7 Å². The van der Waals surface area contributed by atoms with Gasteiger partial charge in [0.15, 0.2) is 0 Å². The highest BCUT2D eigenvalue weighted by atomic mass is 35.5. The molecule has 25 heavy (non-hydrogen) atoms. The van der Waals surface area contributed by atoms with Crippen LogP contribution in [0.4, 0.5) is 4.39 Å². The minimum absolute atomic E-state index is 0.00970. The quantitative estimate of drug-likeness (QED) is 0.732. The molecule has 0 radical (unpaired) electrons. The van der Waals surface area contributed by atoms with E-state index in [-0.39, 0.29) is 17.8 Å². The number of amides is 1. The molecule has 0 aromatic heterocycles. The Morgan fingerprint density at radius 2 is 1.96 bits per heavy atom. The monoisotopic (exact) mass is 381 g/mol. The molecule has 1 aliphatic heterocycles. The minimum atomic E-state index is -0.304. The summed E-state index contributed by atoms with van der Waals surface area (Å²) >= 11 is 12.1. The van der Waals surface area contributed by atoms with Gasteiger partial charge in [-0.2, -0.15) is 0 Å². The zero-order valence-corrected chi connectivity index (χ0v) is 15.1. The fourth-order valence-electron chi connectivity index (χ4n) is 2.90. The summed E-state index contributed by atoms with van der Waals surface area (Å²) in [6, 6.07) is 10.9. The van der Waals surface area contributed by atoms with Gasteiger partial charge in [0.25, 0.3) is 5.91 Å². The molecule has 1 saturated heterocycles. The molecule has 1 amide bonds. The molecule has 1 aliphatic rings. The van der Waals surface area contributed by atoms with E-state index in [1.807, 2.05) is 0 Å². The van der Waals surface area contributed by atoms with Crippen LogP contribution in [-0.4, -0.2) is 30.1 Å². The van der Waals surface area contributed by atoms with Crippen molar-refractivity contribution >= 4 is 29.1 Å². The molecule has 1 atom stereocenters. The second-order valence-corrected chi connectivity index (χ2v) is 6.91. The number of carbonyl (C=O) groups excluding carboxylic acids is 1. The summed E-state index contributed by atoms with van der Waals surface area (Å²) in [4.78, 5) is 14.7. The molecule has 3 rings (SSSR count). The summed E-state index contributed by atoms with van der Waals surface area (Å²) in [5.41, 5.74) is 1.24. The van der Waals surface area contributed by atoms with E-state index in [9.17, 15) is 9.18 Å². The molecule has 0 bridgehead atoms. The number of ether oxygens (including phenoxy) is 1. The van der Waals surface area contributed by atoms with Gasteiger partial charge in [-0.05, 0) is 48.7 Å². The molecule has 3 nitrogen and oxygen atoms in total. The van der Waals surface area contributed by atoms with Crippen LogP contribution in [0.25, 0.3) is 0 Å². The molecule has 0 spiro atoms. The lowest BCUT2D eigenvalue weighted by atomic mass is 10.1. The first-order chi connectivity index (χ1) is 12.0. The molecule has 0 N–H and O–H groups in total. The number of halogens is 3. The minimum Gasteiger partial charge on any atom is -0.376 e. The number of nitrogens with zero attached hydrogens (tertiary/aromatic N) is 1. The Morgan fingerprint density at radius 3 is 2.60 bits per heavy atom. The summed E-state index contributed by atoms with van der Waals surface area (Å²) in [6.45, 7) is 1.54. The molecule has 1 unspecified atom stereocenters. The molecular formula is C19H18Cl2FNO2. The standard InChI is InChI=1S/C19H18Cl2FNO2/c20-14-5-8-17(18(21)10-14)19(24)23(12-16-2-1-9-25-16)11-13-3-6-15(22)7-4-13/h3-8,10,16H,1-2,9,11-12H2. The maximum Gasteiger partial charge on any atom is 0.255 e. The fourth-order valence-corrected chi connectivity index (χ4v) is 3.39. The van der Waals surface area contributed by atoms with Gasteiger partial charge in [-0.25, -0.2) is 4.39 Å². The van der Waals surface area contributed by atoms with E-state index in [0.29, 0.717) is 35.3 Å². The van der Waals surface area contributed by atoms with Crippen LogP contribution < -0.4 is 0 Å². The van der Waals surface area contributed by atoms with E-state index in [2.05, 4.69) is 0 Å². The largest absolute Gasteiger partial charge is 0.376 e. The second kappa shape index (κ2) is 8.17. The average Bonchev–Trinajstić information content (AvgIpc) is 3.09. The molecule has 0 saturated carbocycles. The third-order valence-electron chi connectivity index (χ3n) is 4.18. The summed E-state index contributed by atoms with van der Waals surface area (Å²) in [5.74, 6) is -0.497. The zero-order valence-electron chi connectivity index (χ0n) is 13.6. The van der Waals surface area contributed by atoms with Gasteiger partial charge in [0.1, 0.15) is 5.82 Å². The molecule has 1 fully saturated rings. The number of rotatable bonds is 5. The molecular weight excluding hydrogens is 364 g/mol. The summed E-state index contributed by atoms with van der Waals surface area (Å²) < 4.78 is 18.8. The van der Waals surface area contributed by atoms with Crippen molar-refractivity contribution in [1.82, 2.24) is 4.90 Å². The Kier molecular flexibility index (Phi) is 5.94. The molecule has 0 aliphatic carbocycles. The van der Waals surface area contributed by atoms with Gasteiger partial charge >= 0.3 is 0 Å². The van der Waals surface area contributed by atoms with E-state index >= 15 is 0 Å². The highest BCUT2D eigenvalue weighted by Crippen LogP contribution is 2.24. The molecule has 6 heteroatoms. The maximum absolute atomic E-state index is 13.1. The van der Waals surface area contributed by atoms with E-state index in [1.54, 1.807) is 35.2 Å². The third kappa shape index (κ3) is 4.72. The predicted molar refractivity (Wildman–Crippen MR) is 96.6 cm³/mol. The van der Waals surface area contributed by atoms with Gasteiger partial charge in [-0.1, -0.05) is 35.3 Å². The smallest absolute Gasteiger partial charge is 0.255 e. The van der Waals surface area contributed by atoms with Gasteiger partial charge in [0.05, 0.1) is 16.7 Å². The molecule has 132 valence electrons. The number of benzene rings is 2. The number of carbonyl (C=O) groups is 1. The third-order valence-corrected chi connectivity index (χ3v) is 4.73. The van der Waals surface area contributed by atoms with Crippen molar-refractivity contribution in [2.45, 2.75) is 25.5 Å². The normalized spacial score (nSPS) is 16.8. The van der Waals surface area contributed by atoms with Crippen LogP contribution in [0.1, 0.15) is 28.8 Å². The first kappa shape index (κ1) is 18.2. The van der Waals surface area contributed by atoms with E-state index in [0.717, 1.165) is 18.4 Å². The van der Waals surface area contributed by atoms with Gasteiger partial charge < -0.3 is 9.64 Å². The number of hydrogen-bond donors (Lipinski definition) is 0. The van der Waals surface area contributed by atoms with Crippen molar-refractivity contribution < 1.29 is 13.9 Å². The van der Waals surface area contributed by atoms with Crippen LogP contribution in [0.3, 0.4) is 0 Å². The van der Waals surface area contributed by atoms with Crippen LogP contribution in [-0.2, 0) is 11.3 Å². The Balaban J connectivity index is 1.83. The predicted octanol–water partition coefficient (Wildman–Crippen LogP) is 4.95. The average molecular weight is 382 g/mol. The van der Waals surface area contributed by atoms with Crippen molar-refractivity contribution in [2.24, 2.45) is 0 Å². The Morgan fingerprint density at radius 1 is 1.20 bits per heavy atom.